The summed E-state index contributed by atoms with van der Waals surface area (Å²) < 4.78 is 0. The van der Waals surface area contributed by atoms with Crippen LogP contribution in [0.5, 0.6) is 0 Å². The average molecular weight is 275 g/mol. The molecule has 0 saturated heterocycles. The van der Waals surface area contributed by atoms with Crippen molar-refractivity contribution >= 4 is 18.1 Å². The highest BCUT2D eigenvalue weighted by atomic mass is 16.4. The van der Waals surface area contributed by atoms with Gasteiger partial charge in [-0.2, -0.15) is 10.4 Å². The Labute approximate surface area is 107 Å². The first kappa shape index (κ1) is 16.9. The second kappa shape index (κ2) is 8.11. The van der Waals surface area contributed by atoms with Gasteiger partial charge in [-0.05, 0) is 0 Å². The number of hydrogen-bond donors (Lipinski definition) is 6. The van der Waals surface area contributed by atoms with Gasteiger partial charge in [0.05, 0.1) is 12.3 Å². The molecule has 106 valence electrons. The van der Waals surface area contributed by atoms with Crippen LogP contribution < -0.4 is 5.43 Å². The Balaban J connectivity index is 4.38. The van der Waals surface area contributed by atoms with Crippen LogP contribution in [0.3, 0.4) is 0 Å². The summed E-state index contributed by atoms with van der Waals surface area (Å²) in [5.74, 6) is -2.54. The summed E-state index contributed by atoms with van der Waals surface area (Å²) >= 11 is 0. The van der Waals surface area contributed by atoms with Crippen molar-refractivity contribution in [2.75, 3.05) is 0 Å². The first-order valence-corrected chi connectivity index (χ1v) is 4.95. The van der Waals surface area contributed by atoms with E-state index in [9.17, 15) is 24.9 Å². The number of rotatable bonds is 7. The number of carboxylic acid groups (broad SMARTS) is 1. The minimum Gasteiger partial charge on any atom is -0.479 e. The van der Waals surface area contributed by atoms with Crippen molar-refractivity contribution in [3.63, 3.8) is 0 Å². The number of carboxylic acids is 1. The molecule has 0 fully saturated rings. The lowest BCUT2D eigenvalue weighted by Gasteiger charge is -2.22. The van der Waals surface area contributed by atoms with Crippen LogP contribution in [0.4, 0.5) is 0 Å². The molecule has 0 bridgehead atoms. The van der Waals surface area contributed by atoms with Crippen LogP contribution in [0.25, 0.3) is 0 Å². The van der Waals surface area contributed by atoms with E-state index in [0.717, 1.165) is 0 Å². The first-order valence-electron chi connectivity index (χ1n) is 4.95. The number of hydrogen-bond acceptors (Lipinski definition) is 8. The molecule has 19 heavy (non-hydrogen) atoms. The number of nitriles is 1. The van der Waals surface area contributed by atoms with Gasteiger partial charge in [0.25, 0.3) is 5.91 Å². The SMILES string of the molecule is N#CCC(=O)N/N=C\[C@@H](O)[C@H](O)[C@H](O)[C@H](O)C(=O)O. The molecule has 0 saturated carbocycles. The van der Waals surface area contributed by atoms with Gasteiger partial charge in [0, 0.05) is 0 Å². The molecule has 6 N–H and O–H groups in total. The molecule has 0 unspecified atom stereocenters. The van der Waals surface area contributed by atoms with E-state index < -0.39 is 42.7 Å². The monoisotopic (exact) mass is 275 g/mol. The van der Waals surface area contributed by atoms with Gasteiger partial charge < -0.3 is 25.5 Å². The average Bonchev–Trinajstić information content (AvgIpc) is 2.36. The van der Waals surface area contributed by atoms with Crippen molar-refractivity contribution in [3.8, 4) is 6.07 Å². The molecule has 1 amide bonds. The molecule has 0 rings (SSSR count). The van der Waals surface area contributed by atoms with Crippen molar-refractivity contribution in [2.24, 2.45) is 5.10 Å². The van der Waals surface area contributed by atoms with Gasteiger partial charge in [-0.25, -0.2) is 10.2 Å². The molecule has 0 aliphatic rings. The van der Waals surface area contributed by atoms with E-state index in [1.165, 1.54) is 6.07 Å². The molecule has 0 heterocycles. The third-order valence-corrected chi connectivity index (χ3v) is 1.93. The predicted octanol–water partition coefficient (Wildman–Crippen LogP) is -3.47. The fourth-order valence-corrected chi connectivity index (χ4v) is 0.920. The Hall–Kier alpha value is -2.06. The highest BCUT2D eigenvalue weighted by Crippen LogP contribution is 2.04. The van der Waals surface area contributed by atoms with Crippen molar-refractivity contribution < 1.29 is 35.1 Å². The lowest BCUT2D eigenvalue weighted by atomic mass is 10.0. The van der Waals surface area contributed by atoms with Crippen LogP contribution in [0.1, 0.15) is 6.42 Å². The number of aliphatic hydroxyl groups excluding tert-OH is 4. The molecule has 0 aromatic rings. The third kappa shape index (κ3) is 5.89. The Morgan fingerprint density at radius 3 is 2.32 bits per heavy atom. The van der Waals surface area contributed by atoms with Crippen molar-refractivity contribution in [1.29, 1.82) is 5.26 Å². The normalized spacial score (nSPS) is 17.2. The van der Waals surface area contributed by atoms with Crippen LogP contribution in [0, 0.1) is 11.3 Å². The van der Waals surface area contributed by atoms with Gasteiger partial charge in [-0.3, -0.25) is 4.79 Å². The molecular formula is C9H13N3O7. The van der Waals surface area contributed by atoms with E-state index in [-0.39, 0.29) is 0 Å². The zero-order valence-corrected chi connectivity index (χ0v) is 9.54. The minimum absolute atomic E-state index is 0.462. The second-order valence-corrected chi connectivity index (χ2v) is 3.40. The Bertz CT molecular complexity index is 392. The van der Waals surface area contributed by atoms with E-state index in [2.05, 4.69) is 5.10 Å². The Morgan fingerprint density at radius 2 is 1.84 bits per heavy atom. The lowest BCUT2D eigenvalue weighted by Crippen LogP contribution is -2.48. The van der Waals surface area contributed by atoms with E-state index in [1.807, 2.05) is 5.43 Å². The molecule has 10 nitrogen and oxygen atoms in total. The summed E-state index contributed by atoms with van der Waals surface area (Å²) in [7, 11) is 0. The largest absolute Gasteiger partial charge is 0.479 e. The molecule has 0 aliphatic carbocycles. The fraction of sp³-hybridized carbons (Fsp3) is 0.556. The second-order valence-electron chi connectivity index (χ2n) is 3.40. The summed E-state index contributed by atoms with van der Waals surface area (Å²) in [5.41, 5.74) is 1.84. The van der Waals surface area contributed by atoms with Crippen LogP contribution in [-0.2, 0) is 9.59 Å². The van der Waals surface area contributed by atoms with E-state index >= 15 is 0 Å². The number of amides is 1. The number of carbonyl (C=O) groups excluding carboxylic acids is 1. The molecule has 4 atom stereocenters. The summed E-state index contributed by atoms with van der Waals surface area (Å²) in [5, 5.41) is 56.4. The molecule has 0 spiro atoms. The summed E-state index contributed by atoms with van der Waals surface area (Å²) in [6.07, 6.45) is -8.14. The quantitative estimate of drug-likeness (QED) is 0.204. The van der Waals surface area contributed by atoms with Crippen LogP contribution in [-0.4, -0.2) is 68.0 Å². The minimum atomic E-state index is -2.29. The van der Waals surface area contributed by atoms with E-state index in [0.29, 0.717) is 6.21 Å². The summed E-state index contributed by atoms with van der Waals surface area (Å²) in [4.78, 5) is 21.1. The van der Waals surface area contributed by atoms with Gasteiger partial charge in [0.2, 0.25) is 0 Å². The fourth-order valence-electron chi connectivity index (χ4n) is 0.920. The topological polar surface area (TPSA) is 183 Å². The number of hydrazone groups is 1. The predicted molar refractivity (Wildman–Crippen MR) is 58.5 cm³/mol. The smallest absolute Gasteiger partial charge is 0.335 e. The van der Waals surface area contributed by atoms with E-state index in [4.69, 9.17) is 15.5 Å². The number of aliphatic carboxylic acids is 1. The van der Waals surface area contributed by atoms with Crippen LogP contribution in [0.15, 0.2) is 5.10 Å². The maximum atomic E-state index is 10.8. The third-order valence-electron chi connectivity index (χ3n) is 1.93. The van der Waals surface area contributed by atoms with Gasteiger partial charge in [-0.15, -0.1) is 0 Å². The van der Waals surface area contributed by atoms with Gasteiger partial charge in [0.15, 0.2) is 6.10 Å². The van der Waals surface area contributed by atoms with Crippen molar-refractivity contribution in [1.82, 2.24) is 5.43 Å². The van der Waals surface area contributed by atoms with Gasteiger partial charge in [0.1, 0.15) is 24.7 Å². The zero-order valence-electron chi connectivity index (χ0n) is 9.54. The number of nitrogens with one attached hydrogen (secondary N) is 1. The molecule has 0 aromatic carbocycles. The van der Waals surface area contributed by atoms with Crippen LogP contribution in [0.2, 0.25) is 0 Å². The molecule has 0 aromatic heterocycles. The lowest BCUT2D eigenvalue weighted by molar-refractivity contribution is -0.160. The first-order chi connectivity index (χ1) is 8.81. The van der Waals surface area contributed by atoms with E-state index in [1.54, 1.807) is 0 Å². The van der Waals surface area contributed by atoms with Gasteiger partial charge in [-0.1, -0.05) is 0 Å². The van der Waals surface area contributed by atoms with Gasteiger partial charge >= 0.3 is 5.97 Å². The molecule has 0 aliphatic heterocycles. The highest BCUT2D eigenvalue weighted by molar-refractivity contribution is 5.79. The maximum Gasteiger partial charge on any atom is 0.335 e. The zero-order chi connectivity index (χ0) is 15.0. The number of carbonyl (C=O) groups is 2. The molecule has 10 heteroatoms. The summed E-state index contributed by atoms with van der Waals surface area (Å²) in [6, 6.07) is 1.54. The Morgan fingerprint density at radius 1 is 1.26 bits per heavy atom. The highest BCUT2D eigenvalue weighted by Gasteiger charge is 2.33. The van der Waals surface area contributed by atoms with Crippen LogP contribution >= 0.6 is 0 Å². The Kier molecular flexibility index (Phi) is 7.23. The standard InChI is InChI=1S/C9H13N3O7/c10-2-1-5(14)12-11-3-4(13)6(15)7(16)8(17)9(18)19/h3-4,6-8,13,15-17H,1H2,(H,12,14)(H,18,19)/b11-3-/t4-,6+,7+,8+/m1/s1. The summed E-state index contributed by atoms with van der Waals surface area (Å²) in [6.45, 7) is 0. The molecular weight excluding hydrogens is 262 g/mol. The number of nitrogens with zero attached hydrogens (tertiary/aromatic N) is 2. The maximum absolute atomic E-state index is 10.8. The van der Waals surface area contributed by atoms with Crippen molar-refractivity contribution in [3.05, 3.63) is 0 Å². The number of aliphatic hydroxyl groups is 4. The molecule has 0 radical (unpaired) electrons. The van der Waals surface area contributed by atoms with Crippen molar-refractivity contribution in [2.45, 2.75) is 30.8 Å².